The van der Waals surface area contributed by atoms with Crippen molar-refractivity contribution in [3.8, 4) is 11.4 Å². The van der Waals surface area contributed by atoms with Gasteiger partial charge in [-0.1, -0.05) is 64.1 Å². The first-order valence-electron chi connectivity index (χ1n) is 10.5. The lowest BCUT2D eigenvalue weighted by Gasteiger charge is -2.42. The average molecular weight is 394 g/mol. The molecule has 0 N–H and O–H groups in total. The monoisotopic (exact) mass is 393 g/mol. The number of nitrogens with zero attached hydrogens (tertiary/aromatic N) is 3. The third-order valence-electron chi connectivity index (χ3n) is 5.59. The van der Waals surface area contributed by atoms with Gasteiger partial charge < -0.3 is 4.90 Å². The molecule has 0 fully saturated rings. The molecule has 0 amide bonds. The first kappa shape index (κ1) is 19.8. The van der Waals surface area contributed by atoms with Gasteiger partial charge >= 0.3 is 0 Å². The van der Waals surface area contributed by atoms with Crippen LogP contribution in [0, 0.1) is 0 Å². The molecule has 3 heteroatoms. The molecule has 5 rings (SSSR count). The fraction of sp³-hybridized carbons (Fsp3) is 0.185. The lowest BCUT2D eigenvalue weighted by molar-refractivity contribution is 0.632. The summed E-state index contributed by atoms with van der Waals surface area (Å²) in [6.45, 7) is 8.61. The Morgan fingerprint density at radius 3 is 1.67 bits per heavy atom. The van der Waals surface area contributed by atoms with E-state index in [1.165, 1.54) is 22.5 Å². The van der Waals surface area contributed by atoms with Gasteiger partial charge in [0.25, 0.3) is 0 Å². The van der Waals surface area contributed by atoms with Gasteiger partial charge in [-0.15, -0.1) is 0 Å². The van der Waals surface area contributed by atoms with E-state index in [-0.39, 0.29) is 5.41 Å². The number of hydrogen-bond donors (Lipinski definition) is 0. The van der Waals surface area contributed by atoms with Crippen molar-refractivity contribution in [3.05, 3.63) is 102 Å². The Hall–Kier alpha value is -3.46. The number of aromatic nitrogens is 2. The first-order valence-corrected chi connectivity index (χ1v) is 10.5. The molecule has 4 aromatic rings. The highest BCUT2D eigenvalue weighted by Crippen LogP contribution is 2.51. The molecule has 1 aliphatic heterocycles. The van der Waals surface area contributed by atoms with Crippen molar-refractivity contribution in [3.63, 3.8) is 0 Å². The van der Waals surface area contributed by atoms with Gasteiger partial charge in [-0.05, 0) is 53.6 Å². The predicted molar refractivity (Wildman–Crippen MR) is 126 cm³/mol. The maximum Gasteiger partial charge on any atom is 0.159 e. The molecule has 0 radical (unpaired) electrons. The summed E-state index contributed by atoms with van der Waals surface area (Å²) in [6, 6.07) is 27.7. The van der Waals surface area contributed by atoms with Crippen molar-refractivity contribution in [1.82, 2.24) is 9.97 Å². The zero-order valence-corrected chi connectivity index (χ0v) is 18.0. The smallest absolute Gasteiger partial charge is 0.159 e. The molecule has 0 atom stereocenters. The van der Waals surface area contributed by atoms with E-state index < -0.39 is 0 Å². The lowest BCUT2D eigenvalue weighted by atomic mass is 9.73. The second-order valence-corrected chi connectivity index (χ2v) is 7.61. The minimum Gasteiger partial charge on any atom is -0.310 e. The summed E-state index contributed by atoms with van der Waals surface area (Å²) in [5.74, 6) is 0.745. The summed E-state index contributed by atoms with van der Waals surface area (Å²) in [6.07, 6.45) is 3.55. The molecule has 3 aromatic carbocycles. The Morgan fingerprint density at radius 1 is 0.633 bits per heavy atom. The number of para-hydroxylation sites is 2. The molecule has 1 aromatic heterocycles. The van der Waals surface area contributed by atoms with Gasteiger partial charge in [-0.3, -0.25) is 0 Å². The van der Waals surface area contributed by atoms with Gasteiger partial charge in [-0.2, -0.15) is 0 Å². The van der Waals surface area contributed by atoms with Gasteiger partial charge in [0.05, 0.1) is 11.4 Å². The van der Waals surface area contributed by atoms with Crippen molar-refractivity contribution >= 4 is 17.1 Å². The van der Waals surface area contributed by atoms with E-state index in [4.69, 9.17) is 0 Å². The normalized spacial score (nSPS) is 13.5. The fourth-order valence-electron chi connectivity index (χ4n) is 4.16. The number of benzene rings is 3. The number of hydrogen-bond acceptors (Lipinski definition) is 3. The average Bonchev–Trinajstić information content (AvgIpc) is 2.82. The summed E-state index contributed by atoms with van der Waals surface area (Å²) < 4.78 is 0. The molecule has 0 saturated carbocycles. The first-order chi connectivity index (χ1) is 14.7. The third-order valence-corrected chi connectivity index (χ3v) is 5.59. The van der Waals surface area contributed by atoms with Crippen LogP contribution in [0.15, 0.2) is 91.3 Å². The van der Waals surface area contributed by atoms with E-state index >= 15 is 0 Å². The highest BCUT2D eigenvalue weighted by molar-refractivity contribution is 5.86. The molecule has 0 saturated heterocycles. The van der Waals surface area contributed by atoms with E-state index in [0.29, 0.717) is 0 Å². The van der Waals surface area contributed by atoms with Gasteiger partial charge in [0.15, 0.2) is 5.82 Å². The molecule has 30 heavy (non-hydrogen) atoms. The second-order valence-electron chi connectivity index (χ2n) is 7.61. The Morgan fingerprint density at radius 2 is 1.13 bits per heavy atom. The van der Waals surface area contributed by atoms with Crippen LogP contribution >= 0.6 is 0 Å². The van der Waals surface area contributed by atoms with E-state index in [1.807, 2.05) is 19.9 Å². The van der Waals surface area contributed by atoms with E-state index in [1.54, 1.807) is 12.4 Å². The highest BCUT2D eigenvalue weighted by Gasteiger charge is 2.36. The van der Waals surface area contributed by atoms with Gasteiger partial charge in [0.2, 0.25) is 0 Å². The van der Waals surface area contributed by atoms with Crippen LogP contribution in [0.2, 0.25) is 0 Å². The van der Waals surface area contributed by atoms with Crippen molar-refractivity contribution in [2.45, 2.75) is 33.1 Å². The Balaban J connectivity index is 0.00000106. The molecular formula is C27H27N3. The summed E-state index contributed by atoms with van der Waals surface area (Å²) in [4.78, 5) is 11.1. The molecular weight excluding hydrogens is 366 g/mol. The number of rotatable bonds is 2. The van der Waals surface area contributed by atoms with Crippen molar-refractivity contribution < 1.29 is 0 Å². The molecule has 1 aliphatic rings. The second kappa shape index (κ2) is 8.11. The minimum absolute atomic E-state index is 0.0402. The van der Waals surface area contributed by atoms with Crippen LogP contribution in [0.25, 0.3) is 11.4 Å². The lowest BCUT2D eigenvalue weighted by Crippen LogP contribution is -2.30. The summed E-state index contributed by atoms with van der Waals surface area (Å²) >= 11 is 0. The zero-order chi connectivity index (χ0) is 21.1. The third kappa shape index (κ3) is 3.26. The summed E-state index contributed by atoms with van der Waals surface area (Å²) in [7, 11) is 0. The topological polar surface area (TPSA) is 29.0 Å². The predicted octanol–water partition coefficient (Wildman–Crippen LogP) is 7.28. The largest absolute Gasteiger partial charge is 0.310 e. The minimum atomic E-state index is -0.0402. The van der Waals surface area contributed by atoms with Crippen LogP contribution in [0.4, 0.5) is 17.1 Å². The van der Waals surface area contributed by atoms with Gasteiger partial charge in [-0.25, -0.2) is 9.97 Å². The van der Waals surface area contributed by atoms with Crippen LogP contribution in [0.1, 0.15) is 38.8 Å². The van der Waals surface area contributed by atoms with Crippen LogP contribution in [0.3, 0.4) is 0 Å². The van der Waals surface area contributed by atoms with Crippen molar-refractivity contribution in [1.29, 1.82) is 0 Å². The molecule has 3 nitrogen and oxygen atoms in total. The van der Waals surface area contributed by atoms with Crippen LogP contribution < -0.4 is 4.90 Å². The maximum absolute atomic E-state index is 4.36. The molecule has 2 heterocycles. The maximum atomic E-state index is 4.36. The van der Waals surface area contributed by atoms with Crippen LogP contribution in [-0.4, -0.2) is 9.97 Å². The van der Waals surface area contributed by atoms with Gasteiger partial charge in [0, 0.05) is 29.1 Å². The molecule has 0 unspecified atom stereocenters. The Labute approximate surface area is 179 Å². The fourth-order valence-corrected chi connectivity index (χ4v) is 4.16. The molecule has 0 bridgehead atoms. The SMILES string of the molecule is CC.CC1(C)c2ccccc2N(c2ccc(-c3ncccn3)cc2)c2ccccc21. The number of anilines is 3. The Bertz CT molecular complexity index is 1080. The quantitative estimate of drug-likeness (QED) is 0.358. The van der Waals surface area contributed by atoms with Gasteiger partial charge in [0.1, 0.15) is 0 Å². The zero-order valence-electron chi connectivity index (χ0n) is 18.0. The molecule has 0 aliphatic carbocycles. The van der Waals surface area contributed by atoms with E-state index in [9.17, 15) is 0 Å². The van der Waals surface area contributed by atoms with E-state index in [2.05, 4.69) is 102 Å². The van der Waals surface area contributed by atoms with E-state index in [0.717, 1.165) is 17.1 Å². The van der Waals surface area contributed by atoms with Crippen molar-refractivity contribution in [2.24, 2.45) is 0 Å². The summed E-state index contributed by atoms with van der Waals surface area (Å²) in [5.41, 5.74) is 7.25. The van der Waals surface area contributed by atoms with Crippen LogP contribution in [-0.2, 0) is 5.41 Å². The standard InChI is InChI=1S/C25H21N3.C2H6/c1-25(2)20-8-3-5-10-22(20)28(23-11-6-4-9-21(23)25)19-14-12-18(13-15-19)24-26-16-7-17-27-24;1-2/h3-17H,1-2H3;1-2H3. The number of fused-ring (bicyclic) bond motifs is 2. The Kier molecular flexibility index (Phi) is 5.37. The van der Waals surface area contributed by atoms with Crippen molar-refractivity contribution in [2.75, 3.05) is 4.90 Å². The highest BCUT2D eigenvalue weighted by atomic mass is 15.2. The summed E-state index contributed by atoms with van der Waals surface area (Å²) in [5, 5.41) is 0. The molecule has 0 spiro atoms. The molecule has 150 valence electrons. The van der Waals surface area contributed by atoms with Crippen LogP contribution in [0.5, 0.6) is 0 Å².